The molecular weight excluding hydrogens is 390 g/mol. The number of urea groups is 1. The third-order valence-electron chi connectivity index (χ3n) is 5.86. The van der Waals surface area contributed by atoms with Crippen molar-refractivity contribution in [1.29, 1.82) is 0 Å². The van der Waals surface area contributed by atoms with Gasteiger partial charge in [-0.1, -0.05) is 12.8 Å². The van der Waals surface area contributed by atoms with E-state index in [9.17, 15) is 4.79 Å². The van der Waals surface area contributed by atoms with Crippen molar-refractivity contribution >= 4 is 22.9 Å². The van der Waals surface area contributed by atoms with E-state index in [1.807, 2.05) is 35.4 Å². The highest BCUT2D eigenvalue weighted by Gasteiger charge is 2.30. The number of aryl methyl sites for hydroxylation is 1. The van der Waals surface area contributed by atoms with Crippen LogP contribution in [0.5, 0.6) is 0 Å². The molecule has 2 amide bonds. The molecule has 4 rings (SSSR count). The number of anilines is 1. The first kappa shape index (κ1) is 21.2. The molecule has 164 valence electrons. The molecule has 0 spiro atoms. The predicted octanol–water partition coefficient (Wildman–Crippen LogP) is 3.90. The lowest BCUT2D eigenvalue weighted by Gasteiger charge is -2.25. The number of nitrogens with one attached hydrogen (secondary N) is 2. The van der Waals surface area contributed by atoms with Crippen molar-refractivity contribution in [1.82, 2.24) is 30.0 Å². The summed E-state index contributed by atoms with van der Waals surface area (Å²) in [7, 11) is 4.15. The molecule has 0 unspecified atom stereocenters. The quantitative estimate of drug-likeness (QED) is 0.604. The van der Waals surface area contributed by atoms with Gasteiger partial charge in [0, 0.05) is 35.6 Å². The topological polar surface area (TPSA) is 88.0 Å². The van der Waals surface area contributed by atoms with Gasteiger partial charge in [-0.2, -0.15) is 5.10 Å². The number of aromatic nitrogens is 4. The molecule has 1 aliphatic rings. The molecule has 0 atom stereocenters. The fourth-order valence-corrected chi connectivity index (χ4v) is 4.12. The minimum Gasteiger partial charge on any atom is -0.333 e. The van der Waals surface area contributed by atoms with Gasteiger partial charge in [0.25, 0.3) is 0 Å². The van der Waals surface area contributed by atoms with Crippen LogP contribution >= 0.6 is 0 Å². The van der Waals surface area contributed by atoms with Gasteiger partial charge in [0.1, 0.15) is 5.82 Å². The van der Waals surface area contributed by atoms with E-state index in [4.69, 9.17) is 0 Å². The molecule has 3 aromatic heterocycles. The number of pyridine rings is 2. The second-order valence-electron chi connectivity index (χ2n) is 8.95. The van der Waals surface area contributed by atoms with E-state index in [2.05, 4.69) is 51.6 Å². The van der Waals surface area contributed by atoms with Crippen LogP contribution in [0.4, 0.5) is 10.6 Å². The summed E-state index contributed by atoms with van der Waals surface area (Å²) < 4.78 is 1.96. The third-order valence-corrected chi connectivity index (χ3v) is 5.86. The Balaban J connectivity index is 1.46. The first-order valence-corrected chi connectivity index (χ1v) is 10.9. The molecule has 1 aliphatic carbocycles. The third kappa shape index (κ3) is 5.38. The second-order valence-corrected chi connectivity index (χ2v) is 8.95. The lowest BCUT2D eigenvalue weighted by atomic mass is 10.0. The number of hydrogen-bond acceptors (Lipinski definition) is 5. The number of carbonyl (C=O) groups is 1. The van der Waals surface area contributed by atoms with Crippen molar-refractivity contribution in [2.75, 3.05) is 26.0 Å². The summed E-state index contributed by atoms with van der Waals surface area (Å²) in [5, 5.41) is 10.4. The number of amides is 2. The zero-order valence-corrected chi connectivity index (χ0v) is 18.6. The number of carbonyl (C=O) groups excluding carboxylic acids is 1. The van der Waals surface area contributed by atoms with Gasteiger partial charge in [-0.15, -0.1) is 0 Å². The summed E-state index contributed by atoms with van der Waals surface area (Å²) in [5.74, 6) is 0.518. The van der Waals surface area contributed by atoms with Gasteiger partial charge < -0.3 is 10.2 Å². The maximum Gasteiger partial charge on any atom is 0.320 e. The summed E-state index contributed by atoms with van der Waals surface area (Å²) in [5.41, 5.74) is 3.37. The van der Waals surface area contributed by atoms with E-state index in [-0.39, 0.29) is 11.6 Å². The van der Waals surface area contributed by atoms with Crippen LogP contribution in [0, 0.1) is 0 Å². The van der Waals surface area contributed by atoms with Crippen LogP contribution in [0.1, 0.15) is 39.0 Å². The molecule has 1 fully saturated rings. The highest BCUT2D eigenvalue weighted by atomic mass is 16.2. The Morgan fingerprint density at radius 1 is 1.16 bits per heavy atom. The molecule has 0 radical (unpaired) electrons. The largest absolute Gasteiger partial charge is 0.333 e. The zero-order valence-electron chi connectivity index (χ0n) is 18.6. The highest BCUT2D eigenvalue weighted by molar-refractivity contribution is 5.90. The minimum atomic E-state index is -0.209. The van der Waals surface area contributed by atoms with E-state index < -0.39 is 0 Å². The summed E-state index contributed by atoms with van der Waals surface area (Å²) in [4.78, 5) is 23.7. The molecule has 0 bridgehead atoms. The SMILES string of the molecule is CN(C)CCCn1cc(-c2cnc3ccc(NC(=O)NC4(C)CCCC4)nc3c2)cn1. The number of nitrogens with zero attached hydrogens (tertiary/aromatic N) is 5. The van der Waals surface area contributed by atoms with Crippen LogP contribution in [-0.4, -0.2) is 56.9 Å². The van der Waals surface area contributed by atoms with E-state index in [1.165, 1.54) is 0 Å². The molecule has 8 heteroatoms. The van der Waals surface area contributed by atoms with Crippen LogP contribution < -0.4 is 10.6 Å². The van der Waals surface area contributed by atoms with Crippen LogP contribution in [0.25, 0.3) is 22.2 Å². The summed E-state index contributed by atoms with van der Waals surface area (Å²) in [6, 6.07) is 5.45. The van der Waals surface area contributed by atoms with Gasteiger partial charge in [0.05, 0.1) is 17.2 Å². The fourth-order valence-electron chi connectivity index (χ4n) is 4.12. The second kappa shape index (κ2) is 9.01. The maximum absolute atomic E-state index is 12.4. The fraction of sp³-hybridized carbons (Fsp3) is 0.478. The average molecular weight is 422 g/mol. The van der Waals surface area contributed by atoms with Crippen molar-refractivity contribution in [3.63, 3.8) is 0 Å². The van der Waals surface area contributed by atoms with E-state index in [1.54, 1.807) is 6.07 Å². The standard InChI is InChI=1S/C23H31N7O/c1-23(9-4-5-10-23)28-22(31)27-21-8-7-19-20(26-21)13-17(14-24-19)18-15-25-30(16-18)12-6-11-29(2)3/h7-8,13-16H,4-6,9-12H2,1-3H3,(H2,26,27,28,31). The van der Waals surface area contributed by atoms with Gasteiger partial charge >= 0.3 is 6.03 Å². The molecule has 0 saturated heterocycles. The molecule has 0 aliphatic heterocycles. The Labute approximate surface area is 183 Å². The number of hydrogen-bond donors (Lipinski definition) is 2. The Morgan fingerprint density at radius 2 is 1.97 bits per heavy atom. The molecule has 0 aromatic carbocycles. The Morgan fingerprint density at radius 3 is 2.74 bits per heavy atom. The minimum absolute atomic E-state index is 0.123. The van der Waals surface area contributed by atoms with Gasteiger partial charge in [-0.05, 0) is 65.0 Å². The molecule has 31 heavy (non-hydrogen) atoms. The van der Waals surface area contributed by atoms with Crippen LogP contribution in [0.15, 0.2) is 36.8 Å². The van der Waals surface area contributed by atoms with Crippen molar-refractivity contribution in [2.24, 2.45) is 0 Å². The molecular formula is C23H31N7O. The van der Waals surface area contributed by atoms with Crippen molar-refractivity contribution in [2.45, 2.75) is 51.1 Å². The van der Waals surface area contributed by atoms with Crippen LogP contribution in [0.2, 0.25) is 0 Å². The molecule has 3 aromatic rings. The smallest absolute Gasteiger partial charge is 0.320 e. The van der Waals surface area contributed by atoms with E-state index in [0.717, 1.165) is 67.4 Å². The molecule has 1 saturated carbocycles. The Hall–Kier alpha value is -3.00. The molecule has 2 N–H and O–H groups in total. The summed E-state index contributed by atoms with van der Waals surface area (Å²) >= 11 is 0. The number of rotatable bonds is 7. The predicted molar refractivity (Wildman–Crippen MR) is 123 cm³/mol. The molecule has 3 heterocycles. The normalized spacial score (nSPS) is 15.5. The van der Waals surface area contributed by atoms with Gasteiger partial charge in [-0.25, -0.2) is 9.78 Å². The van der Waals surface area contributed by atoms with Gasteiger partial charge in [0.15, 0.2) is 0 Å². The lowest BCUT2D eigenvalue weighted by Crippen LogP contribution is -2.45. The first-order valence-electron chi connectivity index (χ1n) is 10.9. The molecule has 8 nitrogen and oxygen atoms in total. The van der Waals surface area contributed by atoms with Gasteiger partial charge in [-0.3, -0.25) is 15.0 Å². The maximum atomic E-state index is 12.4. The highest BCUT2D eigenvalue weighted by Crippen LogP contribution is 2.29. The van der Waals surface area contributed by atoms with Crippen molar-refractivity contribution < 1.29 is 4.79 Å². The van der Waals surface area contributed by atoms with Crippen LogP contribution in [-0.2, 0) is 6.54 Å². The Kier molecular flexibility index (Phi) is 6.18. The van der Waals surface area contributed by atoms with E-state index in [0.29, 0.717) is 5.82 Å². The first-order chi connectivity index (χ1) is 14.9. The summed E-state index contributed by atoms with van der Waals surface area (Å²) in [6.07, 6.45) is 11.1. The lowest BCUT2D eigenvalue weighted by molar-refractivity contribution is 0.239. The van der Waals surface area contributed by atoms with Crippen LogP contribution in [0.3, 0.4) is 0 Å². The summed E-state index contributed by atoms with van der Waals surface area (Å²) in [6.45, 7) is 4.00. The number of fused-ring (bicyclic) bond motifs is 1. The zero-order chi connectivity index (χ0) is 21.8. The monoisotopic (exact) mass is 421 g/mol. The van der Waals surface area contributed by atoms with Crippen molar-refractivity contribution in [3.8, 4) is 11.1 Å². The van der Waals surface area contributed by atoms with Gasteiger partial charge in [0.2, 0.25) is 0 Å². The van der Waals surface area contributed by atoms with Crippen molar-refractivity contribution in [3.05, 3.63) is 36.8 Å². The Bertz CT molecular complexity index is 1050. The average Bonchev–Trinajstić information content (AvgIpc) is 3.36. The van der Waals surface area contributed by atoms with E-state index >= 15 is 0 Å².